The minimum atomic E-state index is 0.151. The van der Waals surface area contributed by atoms with Crippen LogP contribution in [0.1, 0.15) is 84.0 Å². The molecule has 0 aromatic heterocycles. The predicted molar refractivity (Wildman–Crippen MR) is 74.4 cm³/mol. The molecule has 0 aromatic carbocycles. The monoisotopic (exact) mass is 226 g/mol. The summed E-state index contributed by atoms with van der Waals surface area (Å²) in [5.74, 6) is 0. The highest BCUT2D eigenvalue weighted by atomic mass is 14.6. The zero-order valence-electron chi connectivity index (χ0n) is 11.3. The summed E-state index contributed by atoms with van der Waals surface area (Å²) >= 11 is 0. The Morgan fingerprint density at radius 1 is 0.750 bits per heavy atom. The molecular formula is C15H32N. The van der Waals surface area contributed by atoms with Crippen LogP contribution in [0.4, 0.5) is 0 Å². The Bertz CT molecular complexity index is 121. The van der Waals surface area contributed by atoms with Crippen LogP contribution in [0.15, 0.2) is 0 Å². The predicted octanol–water partition coefficient (Wildman–Crippen LogP) is 4.85. The third-order valence-electron chi connectivity index (χ3n) is 3.18. The topological polar surface area (TPSA) is 26.0 Å². The van der Waals surface area contributed by atoms with Crippen LogP contribution in [-0.4, -0.2) is 6.04 Å². The highest BCUT2D eigenvalue weighted by molar-refractivity contribution is 4.62. The van der Waals surface area contributed by atoms with Crippen LogP contribution >= 0.6 is 0 Å². The zero-order chi connectivity index (χ0) is 12.1. The molecule has 1 unspecified atom stereocenters. The molecule has 1 nitrogen and oxygen atoms in total. The van der Waals surface area contributed by atoms with E-state index in [9.17, 15) is 0 Å². The van der Waals surface area contributed by atoms with Crippen molar-refractivity contribution in [2.75, 3.05) is 0 Å². The van der Waals surface area contributed by atoms with E-state index in [1.165, 1.54) is 70.6 Å². The van der Waals surface area contributed by atoms with Gasteiger partial charge in [0.1, 0.15) is 0 Å². The second-order valence-corrected chi connectivity index (χ2v) is 5.08. The van der Waals surface area contributed by atoms with E-state index >= 15 is 0 Å². The van der Waals surface area contributed by atoms with Crippen LogP contribution in [0.5, 0.6) is 0 Å². The van der Waals surface area contributed by atoms with E-state index in [2.05, 4.69) is 13.8 Å². The third-order valence-corrected chi connectivity index (χ3v) is 3.18. The molecule has 0 rings (SSSR count). The number of unbranched alkanes of at least 4 members (excludes halogenated alkanes) is 10. The maximum atomic E-state index is 5.60. The molecule has 0 amide bonds. The molecule has 0 heterocycles. The lowest BCUT2D eigenvalue weighted by atomic mass is 10.0. The normalized spacial score (nSPS) is 12.9. The number of hydrogen-bond acceptors (Lipinski definition) is 1. The Kier molecular flexibility index (Phi) is 13.0. The standard InChI is InChI=1S/C15H32N/c1-3-4-5-6-7-8-9-10-11-12-13-14-15(2)16/h15H,2-14,16H2,1H3. The summed E-state index contributed by atoms with van der Waals surface area (Å²) in [6.45, 7) is 6.07. The fourth-order valence-electron chi connectivity index (χ4n) is 2.07. The summed E-state index contributed by atoms with van der Waals surface area (Å²) in [4.78, 5) is 0. The second kappa shape index (κ2) is 13.0. The minimum absolute atomic E-state index is 0.151. The SMILES string of the molecule is [CH2]C(N)CCCCCCCCCCCCC. The van der Waals surface area contributed by atoms with E-state index in [1.807, 2.05) is 0 Å². The van der Waals surface area contributed by atoms with Crippen molar-refractivity contribution >= 4 is 0 Å². The van der Waals surface area contributed by atoms with Gasteiger partial charge in [0.15, 0.2) is 0 Å². The van der Waals surface area contributed by atoms with Crippen molar-refractivity contribution in [1.29, 1.82) is 0 Å². The summed E-state index contributed by atoms with van der Waals surface area (Å²) in [6, 6.07) is 0.151. The average molecular weight is 226 g/mol. The lowest BCUT2D eigenvalue weighted by Crippen LogP contribution is -2.14. The van der Waals surface area contributed by atoms with E-state index in [0.717, 1.165) is 6.42 Å². The first kappa shape index (κ1) is 16.0. The molecule has 0 aliphatic rings. The molecule has 0 spiro atoms. The van der Waals surface area contributed by atoms with Gasteiger partial charge < -0.3 is 5.73 Å². The molecule has 16 heavy (non-hydrogen) atoms. The lowest BCUT2D eigenvalue weighted by Gasteiger charge is -2.04. The van der Waals surface area contributed by atoms with E-state index in [0.29, 0.717) is 0 Å². The van der Waals surface area contributed by atoms with Gasteiger partial charge in [-0.3, -0.25) is 0 Å². The van der Waals surface area contributed by atoms with Crippen LogP contribution in [0.3, 0.4) is 0 Å². The van der Waals surface area contributed by atoms with Gasteiger partial charge in [0, 0.05) is 6.04 Å². The quantitative estimate of drug-likeness (QED) is 0.473. The Balaban J connectivity index is 2.88. The van der Waals surface area contributed by atoms with Crippen LogP contribution in [-0.2, 0) is 0 Å². The molecule has 1 radical (unpaired) electrons. The van der Waals surface area contributed by atoms with Crippen molar-refractivity contribution < 1.29 is 0 Å². The van der Waals surface area contributed by atoms with E-state index in [-0.39, 0.29) is 6.04 Å². The first-order chi connectivity index (χ1) is 7.77. The van der Waals surface area contributed by atoms with Crippen molar-refractivity contribution in [3.8, 4) is 0 Å². The van der Waals surface area contributed by atoms with Gasteiger partial charge in [-0.05, 0) is 13.3 Å². The number of nitrogens with two attached hydrogens (primary N) is 1. The molecule has 0 aliphatic heterocycles. The Hall–Kier alpha value is -0.0400. The van der Waals surface area contributed by atoms with Crippen molar-refractivity contribution in [2.24, 2.45) is 5.73 Å². The molecule has 0 saturated heterocycles. The Morgan fingerprint density at radius 2 is 1.12 bits per heavy atom. The Morgan fingerprint density at radius 3 is 1.50 bits per heavy atom. The highest BCUT2D eigenvalue weighted by Crippen LogP contribution is 2.12. The van der Waals surface area contributed by atoms with Gasteiger partial charge in [0.25, 0.3) is 0 Å². The molecule has 0 aromatic rings. The molecular weight excluding hydrogens is 194 g/mol. The molecule has 0 fully saturated rings. The van der Waals surface area contributed by atoms with Gasteiger partial charge in [-0.1, -0.05) is 77.6 Å². The second-order valence-electron chi connectivity index (χ2n) is 5.08. The lowest BCUT2D eigenvalue weighted by molar-refractivity contribution is 0.537. The fourth-order valence-corrected chi connectivity index (χ4v) is 2.07. The maximum Gasteiger partial charge on any atom is 0.00394 e. The first-order valence-electron chi connectivity index (χ1n) is 7.36. The van der Waals surface area contributed by atoms with Crippen LogP contribution in [0.25, 0.3) is 0 Å². The summed E-state index contributed by atoms with van der Waals surface area (Å²) in [5.41, 5.74) is 5.60. The van der Waals surface area contributed by atoms with E-state index in [4.69, 9.17) is 5.73 Å². The molecule has 0 saturated carbocycles. The van der Waals surface area contributed by atoms with Crippen LogP contribution in [0, 0.1) is 6.92 Å². The smallest absolute Gasteiger partial charge is 0.00394 e. The van der Waals surface area contributed by atoms with Crippen molar-refractivity contribution in [3.05, 3.63) is 6.92 Å². The summed E-state index contributed by atoms with van der Waals surface area (Å²) in [5, 5.41) is 0. The van der Waals surface area contributed by atoms with Crippen molar-refractivity contribution in [1.82, 2.24) is 0 Å². The van der Waals surface area contributed by atoms with Gasteiger partial charge in [-0.2, -0.15) is 0 Å². The largest absolute Gasteiger partial charge is 0.328 e. The molecule has 1 atom stereocenters. The molecule has 97 valence electrons. The van der Waals surface area contributed by atoms with Crippen molar-refractivity contribution in [3.63, 3.8) is 0 Å². The van der Waals surface area contributed by atoms with Gasteiger partial charge in [-0.25, -0.2) is 0 Å². The van der Waals surface area contributed by atoms with Crippen LogP contribution < -0.4 is 5.73 Å². The van der Waals surface area contributed by atoms with Gasteiger partial charge in [0.05, 0.1) is 0 Å². The number of rotatable bonds is 12. The average Bonchev–Trinajstić information content (AvgIpc) is 2.25. The minimum Gasteiger partial charge on any atom is -0.328 e. The first-order valence-corrected chi connectivity index (χ1v) is 7.36. The summed E-state index contributed by atoms with van der Waals surface area (Å²) in [6.07, 6.45) is 16.5. The molecule has 0 aliphatic carbocycles. The zero-order valence-corrected chi connectivity index (χ0v) is 11.3. The van der Waals surface area contributed by atoms with E-state index in [1.54, 1.807) is 0 Å². The number of hydrogen-bond donors (Lipinski definition) is 1. The summed E-state index contributed by atoms with van der Waals surface area (Å²) in [7, 11) is 0. The van der Waals surface area contributed by atoms with Crippen LogP contribution in [0.2, 0.25) is 0 Å². The third kappa shape index (κ3) is 14.0. The molecule has 1 heteroatoms. The maximum absolute atomic E-state index is 5.60. The highest BCUT2D eigenvalue weighted by Gasteiger charge is 1.95. The van der Waals surface area contributed by atoms with Gasteiger partial charge in [0.2, 0.25) is 0 Å². The van der Waals surface area contributed by atoms with Gasteiger partial charge in [-0.15, -0.1) is 0 Å². The molecule has 0 bridgehead atoms. The van der Waals surface area contributed by atoms with Gasteiger partial charge >= 0.3 is 0 Å². The van der Waals surface area contributed by atoms with Crippen molar-refractivity contribution in [2.45, 2.75) is 90.0 Å². The fraction of sp³-hybridized carbons (Fsp3) is 0.933. The van der Waals surface area contributed by atoms with E-state index < -0.39 is 0 Å². The summed E-state index contributed by atoms with van der Waals surface area (Å²) < 4.78 is 0. The molecule has 2 N–H and O–H groups in total. The Labute approximate surface area is 103 Å².